The van der Waals surface area contributed by atoms with Crippen molar-refractivity contribution in [2.75, 3.05) is 4.90 Å². The fourth-order valence-corrected chi connectivity index (χ4v) is 8.78. The Balaban J connectivity index is 1.20. The third kappa shape index (κ3) is 5.03. The normalized spacial score (nSPS) is 11.6. The van der Waals surface area contributed by atoms with Crippen LogP contribution in [0.3, 0.4) is 0 Å². The van der Waals surface area contributed by atoms with Crippen molar-refractivity contribution in [3.05, 3.63) is 181 Å². The van der Waals surface area contributed by atoms with Crippen LogP contribution in [0.2, 0.25) is 5.02 Å². The van der Waals surface area contributed by atoms with Crippen LogP contribution >= 0.6 is 22.9 Å². The van der Waals surface area contributed by atoms with Gasteiger partial charge in [-0.25, -0.2) is 0 Å². The molecule has 0 radical (unpaired) electrons. The summed E-state index contributed by atoms with van der Waals surface area (Å²) in [4.78, 5) is 2.28. The van der Waals surface area contributed by atoms with E-state index in [0.29, 0.717) is 5.02 Å². The molecule has 242 valence electrons. The number of hydrogen-bond acceptors (Lipinski definition) is 3. The molecule has 0 aliphatic heterocycles. The Labute approximate surface area is 303 Å². The average Bonchev–Trinajstić information content (AvgIpc) is 3.89. The molecular weight excluding hydrogens is 664 g/mol. The lowest BCUT2D eigenvalue weighted by atomic mass is 10.0. The maximum absolute atomic E-state index is 7.16. The van der Waals surface area contributed by atoms with E-state index in [-0.39, 0.29) is 0 Å². The molecule has 10 aromatic rings. The van der Waals surface area contributed by atoms with Gasteiger partial charge in [0, 0.05) is 53.9 Å². The summed E-state index contributed by atoms with van der Waals surface area (Å²) in [5.41, 5.74) is 9.10. The highest BCUT2D eigenvalue weighted by atomic mass is 35.5. The SMILES string of the molecule is Clc1cc(N(c2ccc(-c3ccccc3)cc2)c2ccc(-c3ccc4c(c3)sc3ccccc34)n2-c2ccccc2)cc2oc3ccccc3c12. The maximum atomic E-state index is 7.16. The van der Waals surface area contributed by atoms with E-state index >= 15 is 0 Å². The zero-order valence-electron chi connectivity index (χ0n) is 27.3. The topological polar surface area (TPSA) is 21.3 Å². The second-order valence-corrected chi connectivity index (χ2v) is 14.2. The summed E-state index contributed by atoms with van der Waals surface area (Å²) in [6, 6.07) is 61.9. The number of rotatable bonds is 6. The van der Waals surface area contributed by atoms with E-state index in [4.69, 9.17) is 16.0 Å². The van der Waals surface area contributed by atoms with Crippen molar-refractivity contribution in [2.45, 2.75) is 0 Å². The molecule has 3 nitrogen and oxygen atoms in total. The smallest absolute Gasteiger partial charge is 0.139 e. The van der Waals surface area contributed by atoms with Crippen molar-refractivity contribution in [3.8, 4) is 28.1 Å². The van der Waals surface area contributed by atoms with E-state index in [1.807, 2.05) is 35.6 Å². The van der Waals surface area contributed by atoms with Crippen molar-refractivity contribution in [3.63, 3.8) is 0 Å². The van der Waals surface area contributed by atoms with Gasteiger partial charge in [0.1, 0.15) is 17.0 Å². The predicted octanol–water partition coefficient (Wildman–Crippen LogP) is 14.2. The Morgan fingerprint density at radius 2 is 1.16 bits per heavy atom. The molecule has 7 aromatic carbocycles. The number of hydrogen-bond donors (Lipinski definition) is 0. The van der Waals surface area contributed by atoms with Gasteiger partial charge in [0.2, 0.25) is 0 Å². The number of thiophene rings is 1. The van der Waals surface area contributed by atoms with Crippen LogP contribution in [-0.4, -0.2) is 4.57 Å². The molecule has 0 fully saturated rings. The maximum Gasteiger partial charge on any atom is 0.139 e. The molecule has 0 atom stereocenters. The molecule has 10 rings (SSSR count). The number of fused-ring (bicyclic) bond motifs is 6. The first kappa shape index (κ1) is 29.8. The lowest BCUT2D eigenvalue weighted by Crippen LogP contribution is -2.14. The van der Waals surface area contributed by atoms with E-state index in [1.165, 1.54) is 25.7 Å². The Kier molecular flexibility index (Phi) is 7.05. The third-order valence-electron chi connectivity index (χ3n) is 9.68. The minimum absolute atomic E-state index is 0.645. The zero-order chi connectivity index (χ0) is 33.9. The molecule has 3 heterocycles. The van der Waals surface area contributed by atoms with Gasteiger partial charge in [0.15, 0.2) is 0 Å². The van der Waals surface area contributed by atoms with E-state index in [0.717, 1.165) is 61.6 Å². The van der Waals surface area contributed by atoms with Crippen molar-refractivity contribution >= 4 is 82.2 Å². The van der Waals surface area contributed by atoms with E-state index in [9.17, 15) is 0 Å². The standard InChI is InChI=1S/C46H29ClN2OS/c47-39-28-35(29-42-46(39)38-16-7-9-17-41(38)50-42)48(34-22-19-31(20-23-34)30-11-3-1-4-12-30)45-26-25-40(49(45)33-13-5-2-6-14-33)32-21-24-37-36-15-8-10-18-43(36)51-44(37)27-32/h1-29H. The molecule has 0 saturated carbocycles. The van der Waals surface area contributed by atoms with Gasteiger partial charge in [-0.1, -0.05) is 121 Å². The molecule has 0 bridgehead atoms. The van der Waals surface area contributed by atoms with Gasteiger partial charge in [-0.15, -0.1) is 11.3 Å². The van der Waals surface area contributed by atoms with Crippen molar-refractivity contribution in [1.29, 1.82) is 0 Å². The molecule has 0 N–H and O–H groups in total. The Morgan fingerprint density at radius 3 is 1.98 bits per heavy atom. The van der Waals surface area contributed by atoms with Crippen LogP contribution in [-0.2, 0) is 0 Å². The predicted molar refractivity (Wildman–Crippen MR) is 217 cm³/mol. The van der Waals surface area contributed by atoms with Gasteiger partial charge >= 0.3 is 0 Å². The van der Waals surface area contributed by atoms with E-state index < -0.39 is 0 Å². The molecule has 0 aliphatic rings. The number of anilines is 3. The highest BCUT2D eigenvalue weighted by Gasteiger charge is 2.23. The number of halogens is 1. The fraction of sp³-hybridized carbons (Fsp3) is 0. The van der Waals surface area contributed by atoms with Gasteiger partial charge in [-0.3, -0.25) is 9.47 Å². The highest BCUT2D eigenvalue weighted by Crippen LogP contribution is 2.45. The second-order valence-electron chi connectivity index (χ2n) is 12.7. The third-order valence-corrected chi connectivity index (χ3v) is 11.1. The minimum Gasteiger partial charge on any atom is -0.456 e. The van der Waals surface area contributed by atoms with Crippen LogP contribution in [0.1, 0.15) is 0 Å². The average molecular weight is 693 g/mol. The highest BCUT2D eigenvalue weighted by molar-refractivity contribution is 7.25. The summed E-state index contributed by atoms with van der Waals surface area (Å²) in [6.07, 6.45) is 0. The van der Waals surface area contributed by atoms with E-state index in [2.05, 4.69) is 161 Å². The van der Waals surface area contributed by atoms with Crippen molar-refractivity contribution in [1.82, 2.24) is 4.57 Å². The molecule has 0 aliphatic carbocycles. The van der Waals surface area contributed by atoms with Gasteiger partial charge in [-0.2, -0.15) is 0 Å². The number of furan rings is 1. The van der Waals surface area contributed by atoms with Crippen LogP contribution in [0.5, 0.6) is 0 Å². The molecule has 51 heavy (non-hydrogen) atoms. The molecule has 5 heteroatoms. The Morgan fingerprint density at radius 1 is 0.490 bits per heavy atom. The minimum atomic E-state index is 0.645. The number of aromatic nitrogens is 1. The first-order chi connectivity index (χ1) is 25.2. The molecule has 3 aromatic heterocycles. The fourth-order valence-electron chi connectivity index (χ4n) is 7.33. The Hall–Kier alpha value is -6.07. The zero-order valence-corrected chi connectivity index (χ0v) is 28.9. The van der Waals surface area contributed by atoms with E-state index in [1.54, 1.807) is 0 Å². The summed E-state index contributed by atoms with van der Waals surface area (Å²) >= 11 is 9.00. The van der Waals surface area contributed by atoms with Crippen LogP contribution in [0, 0.1) is 0 Å². The molecule has 0 saturated heterocycles. The summed E-state index contributed by atoms with van der Waals surface area (Å²) in [5.74, 6) is 0.978. The monoisotopic (exact) mass is 692 g/mol. The van der Waals surface area contributed by atoms with Crippen molar-refractivity contribution < 1.29 is 4.42 Å². The lowest BCUT2D eigenvalue weighted by molar-refractivity contribution is 0.669. The molecular formula is C46H29ClN2OS. The van der Waals surface area contributed by atoms with Crippen LogP contribution in [0.15, 0.2) is 180 Å². The van der Waals surface area contributed by atoms with Gasteiger partial charge < -0.3 is 4.42 Å². The largest absolute Gasteiger partial charge is 0.456 e. The summed E-state index contributed by atoms with van der Waals surface area (Å²) in [5, 5.41) is 5.16. The molecule has 0 unspecified atom stereocenters. The Bertz CT molecular complexity index is 2870. The van der Waals surface area contributed by atoms with Gasteiger partial charge in [0.25, 0.3) is 0 Å². The van der Waals surface area contributed by atoms with Crippen molar-refractivity contribution in [2.24, 2.45) is 0 Å². The summed E-state index contributed by atoms with van der Waals surface area (Å²) in [7, 11) is 0. The molecule has 0 amide bonds. The van der Waals surface area contributed by atoms with Gasteiger partial charge in [0.05, 0.1) is 16.4 Å². The number of nitrogens with zero attached hydrogens (tertiary/aromatic N) is 2. The summed E-state index contributed by atoms with van der Waals surface area (Å²) < 4.78 is 11.3. The molecule has 0 spiro atoms. The second kappa shape index (κ2) is 12.1. The van der Waals surface area contributed by atoms with Gasteiger partial charge in [-0.05, 0) is 71.8 Å². The number of benzene rings is 7. The lowest BCUT2D eigenvalue weighted by Gasteiger charge is -2.28. The van der Waals surface area contributed by atoms with Crippen LogP contribution < -0.4 is 4.90 Å². The number of para-hydroxylation sites is 2. The van der Waals surface area contributed by atoms with Crippen LogP contribution in [0.25, 0.3) is 70.2 Å². The first-order valence-corrected chi connectivity index (χ1v) is 18.1. The quantitative estimate of drug-likeness (QED) is 0.173. The first-order valence-electron chi connectivity index (χ1n) is 16.9. The summed E-state index contributed by atoms with van der Waals surface area (Å²) in [6.45, 7) is 0. The van der Waals surface area contributed by atoms with Crippen LogP contribution in [0.4, 0.5) is 17.2 Å².